The summed E-state index contributed by atoms with van der Waals surface area (Å²) in [6.07, 6.45) is -0.582. The molecule has 0 aliphatic carbocycles. The van der Waals surface area contributed by atoms with E-state index in [1.807, 2.05) is 31.2 Å². The molecule has 0 aromatic heterocycles. The smallest absolute Gasteiger partial charge is 0.105 e. The lowest BCUT2D eigenvalue weighted by molar-refractivity contribution is 0.221. The molecule has 20 heavy (non-hydrogen) atoms. The zero-order chi connectivity index (χ0) is 14.1. The van der Waals surface area contributed by atoms with Gasteiger partial charge in [0.25, 0.3) is 0 Å². The number of aliphatic hydroxyl groups excluding tert-OH is 1. The van der Waals surface area contributed by atoms with Crippen molar-refractivity contribution in [1.82, 2.24) is 0 Å². The number of hydrogen-bond acceptors (Lipinski definition) is 1. The number of benzene rings is 3. The van der Waals surface area contributed by atoms with Gasteiger partial charge in [-0.05, 0) is 41.3 Å². The standard InChI is InChI=1S/C19H18O/c1-13-10-11-14(2)18(12-13)19(20)17-9-5-7-15-6-3-4-8-16(15)17/h3-12,19-20H,1-2H3. The molecule has 1 atom stereocenters. The summed E-state index contributed by atoms with van der Waals surface area (Å²) in [4.78, 5) is 0. The topological polar surface area (TPSA) is 20.2 Å². The fraction of sp³-hybridized carbons (Fsp3) is 0.158. The van der Waals surface area contributed by atoms with Crippen LogP contribution in [0.3, 0.4) is 0 Å². The van der Waals surface area contributed by atoms with Crippen molar-refractivity contribution in [2.75, 3.05) is 0 Å². The summed E-state index contributed by atoms with van der Waals surface area (Å²) in [5.74, 6) is 0. The Kier molecular flexibility index (Phi) is 3.29. The van der Waals surface area contributed by atoms with Crippen LogP contribution in [-0.2, 0) is 0 Å². The van der Waals surface area contributed by atoms with Gasteiger partial charge in [0.2, 0.25) is 0 Å². The SMILES string of the molecule is Cc1ccc(C)c(C(O)c2cccc3ccccc23)c1. The zero-order valence-corrected chi connectivity index (χ0v) is 11.8. The fourth-order valence-electron chi connectivity index (χ4n) is 2.71. The Bertz CT molecular complexity index is 753. The van der Waals surface area contributed by atoms with Crippen molar-refractivity contribution in [3.8, 4) is 0 Å². The lowest BCUT2D eigenvalue weighted by Gasteiger charge is -2.17. The Morgan fingerprint density at radius 3 is 2.40 bits per heavy atom. The van der Waals surface area contributed by atoms with E-state index in [4.69, 9.17) is 0 Å². The van der Waals surface area contributed by atoms with E-state index in [0.29, 0.717) is 0 Å². The highest BCUT2D eigenvalue weighted by atomic mass is 16.3. The third kappa shape index (κ3) is 2.21. The van der Waals surface area contributed by atoms with Crippen molar-refractivity contribution < 1.29 is 5.11 Å². The first kappa shape index (κ1) is 12.9. The Balaban J connectivity index is 2.17. The van der Waals surface area contributed by atoms with Crippen LogP contribution in [0.25, 0.3) is 10.8 Å². The van der Waals surface area contributed by atoms with Gasteiger partial charge >= 0.3 is 0 Å². The van der Waals surface area contributed by atoms with Gasteiger partial charge in [0.1, 0.15) is 6.10 Å². The summed E-state index contributed by atoms with van der Waals surface area (Å²) in [5.41, 5.74) is 4.25. The minimum absolute atomic E-state index is 0.582. The highest BCUT2D eigenvalue weighted by Gasteiger charge is 2.15. The van der Waals surface area contributed by atoms with Gasteiger partial charge in [0.15, 0.2) is 0 Å². The molecule has 3 aromatic rings. The minimum Gasteiger partial charge on any atom is -0.384 e. The molecule has 3 rings (SSSR count). The molecule has 1 nitrogen and oxygen atoms in total. The van der Waals surface area contributed by atoms with Crippen molar-refractivity contribution in [2.24, 2.45) is 0 Å². The van der Waals surface area contributed by atoms with E-state index in [2.05, 4.69) is 43.3 Å². The molecule has 3 aromatic carbocycles. The summed E-state index contributed by atoms with van der Waals surface area (Å²) in [6.45, 7) is 4.10. The van der Waals surface area contributed by atoms with Gasteiger partial charge in [-0.3, -0.25) is 0 Å². The van der Waals surface area contributed by atoms with Crippen LogP contribution in [0.2, 0.25) is 0 Å². The van der Waals surface area contributed by atoms with E-state index < -0.39 is 6.10 Å². The van der Waals surface area contributed by atoms with Crippen LogP contribution >= 0.6 is 0 Å². The highest BCUT2D eigenvalue weighted by molar-refractivity contribution is 5.86. The summed E-state index contributed by atoms with van der Waals surface area (Å²) >= 11 is 0. The molecule has 0 radical (unpaired) electrons. The van der Waals surface area contributed by atoms with Crippen LogP contribution in [0, 0.1) is 13.8 Å². The van der Waals surface area contributed by atoms with Crippen molar-refractivity contribution in [3.63, 3.8) is 0 Å². The van der Waals surface area contributed by atoms with Crippen LogP contribution in [0.1, 0.15) is 28.4 Å². The fourth-order valence-corrected chi connectivity index (χ4v) is 2.71. The maximum atomic E-state index is 10.8. The molecule has 0 aliphatic rings. The lowest BCUT2D eigenvalue weighted by Crippen LogP contribution is -2.03. The molecule has 0 spiro atoms. The molecule has 0 amide bonds. The molecular formula is C19H18O. The van der Waals surface area contributed by atoms with E-state index in [0.717, 1.165) is 27.5 Å². The van der Waals surface area contributed by atoms with Crippen LogP contribution in [0.5, 0.6) is 0 Å². The van der Waals surface area contributed by atoms with Crippen LogP contribution in [-0.4, -0.2) is 5.11 Å². The molecule has 1 unspecified atom stereocenters. The maximum absolute atomic E-state index is 10.8. The van der Waals surface area contributed by atoms with Crippen molar-refractivity contribution in [3.05, 3.63) is 82.9 Å². The molecular weight excluding hydrogens is 244 g/mol. The molecule has 0 saturated heterocycles. The van der Waals surface area contributed by atoms with Crippen molar-refractivity contribution in [1.29, 1.82) is 0 Å². The number of fused-ring (bicyclic) bond motifs is 1. The summed E-state index contributed by atoms with van der Waals surface area (Å²) in [6, 6.07) is 20.5. The van der Waals surface area contributed by atoms with Crippen molar-refractivity contribution in [2.45, 2.75) is 20.0 Å². The largest absolute Gasteiger partial charge is 0.384 e. The Hall–Kier alpha value is -2.12. The summed E-state index contributed by atoms with van der Waals surface area (Å²) in [7, 11) is 0. The Morgan fingerprint density at radius 1 is 0.800 bits per heavy atom. The molecule has 1 N–H and O–H groups in total. The second kappa shape index (κ2) is 5.10. The number of aliphatic hydroxyl groups is 1. The minimum atomic E-state index is -0.582. The average molecular weight is 262 g/mol. The van der Waals surface area contributed by atoms with E-state index in [9.17, 15) is 5.11 Å². The molecule has 1 heteroatoms. The predicted molar refractivity (Wildman–Crippen MR) is 83.9 cm³/mol. The maximum Gasteiger partial charge on any atom is 0.105 e. The van der Waals surface area contributed by atoms with Gasteiger partial charge in [0.05, 0.1) is 0 Å². The van der Waals surface area contributed by atoms with Crippen LogP contribution in [0.15, 0.2) is 60.7 Å². The van der Waals surface area contributed by atoms with Gasteiger partial charge in [-0.25, -0.2) is 0 Å². The highest BCUT2D eigenvalue weighted by Crippen LogP contribution is 2.30. The average Bonchev–Trinajstić information content (AvgIpc) is 2.48. The van der Waals surface area contributed by atoms with Crippen LogP contribution < -0.4 is 0 Å². The second-order valence-corrected chi connectivity index (χ2v) is 5.33. The summed E-state index contributed by atoms with van der Waals surface area (Å²) in [5, 5.41) is 13.1. The number of aryl methyl sites for hydroxylation is 2. The molecule has 0 bridgehead atoms. The normalized spacial score (nSPS) is 12.6. The van der Waals surface area contributed by atoms with E-state index >= 15 is 0 Å². The van der Waals surface area contributed by atoms with E-state index in [-0.39, 0.29) is 0 Å². The predicted octanol–water partition coefficient (Wildman–Crippen LogP) is 4.54. The van der Waals surface area contributed by atoms with Crippen molar-refractivity contribution >= 4 is 10.8 Å². The van der Waals surface area contributed by atoms with E-state index in [1.54, 1.807) is 0 Å². The molecule has 100 valence electrons. The van der Waals surface area contributed by atoms with Gasteiger partial charge in [-0.2, -0.15) is 0 Å². The third-order valence-corrected chi connectivity index (χ3v) is 3.85. The third-order valence-electron chi connectivity index (χ3n) is 3.85. The number of rotatable bonds is 2. The van der Waals surface area contributed by atoms with E-state index in [1.165, 1.54) is 5.56 Å². The number of hydrogen-bond donors (Lipinski definition) is 1. The van der Waals surface area contributed by atoms with Crippen LogP contribution in [0.4, 0.5) is 0 Å². The van der Waals surface area contributed by atoms with Gasteiger partial charge in [0, 0.05) is 0 Å². The molecule has 0 aliphatic heterocycles. The molecule has 0 saturated carbocycles. The first-order chi connectivity index (χ1) is 9.66. The first-order valence-electron chi connectivity index (χ1n) is 6.89. The van der Waals surface area contributed by atoms with Gasteiger partial charge in [-0.1, -0.05) is 66.2 Å². The summed E-state index contributed by atoms with van der Waals surface area (Å²) < 4.78 is 0. The van der Waals surface area contributed by atoms with Gasteiger partial charge in [-0.15, -0.1) is 0 Å². The molecule has 0 fully saturated rings. The zero-order valence-electron chi connectivity index (χ0n) is 11.8. The quantitative estimate of drug-likeness (QED) is 0.719. The monoisotopic (exact) mass is 262 g/mol. The Labute approximate surface area is 119 Å². The van der Waals surface area contributed by atoms with Gasteiger partial charge < -0.3 is 5.11 Å². The lowest BCUT2D eigenvalue weighted by atomic mass is 9.92. The Morgan fingerprint density at radius 2 is 1.55 bits per heavy atom. The molecule has 0 heterocycles. The second-order valence-electron chi connectivity index (χ2n) is 5.33. The first-order valence-corrected chi connectivity index (χ1v) is 6.89.